The normalized spacial score (nSPS) is 26.8. The van der Waals surface area contributed by atoms with Crippen LogP contribution in [0.3, 0.4) is 0 Å². The van der Waals surface area contributed by atoms with E-state index in [2.05, 4.69) is 5.92 Å². The van der Waals surface area contributed by atoms with E-state index in [1.807, 2.05) is 13.8 Å². The molecule has 1 saturated carbocycles. The Morgan fingerprint density at radius 2 is 2.19 bits per heavy atom. The molecule has 16 heavy (non-hydrogen) atoms. The van der Waals surface area contributed by atoms with Gasteiger partial charge in [0, 0.05) is 0 Å². The van der Waals surface area contributed by atoms with E-state index in [1.165, 1.54) is 0 Å². The molecule has 0 radical (unpaired) electrons. The van der Waals surface area contributed by atoms with Crippen LogP contribution in [-0.2, 0) is 14.3 Å². The van der Waals surface area contributed by atoms with Crippen molar-refractivity contribution in [3.63, 3.8) is 0 Å². The van der Waals surface area contributed by atoms with E-state index < -0.39 is 0 Å². The summed E-state index contributed by atoms with van der Waals surface area (Å²) in [7, 11) is 0. The Balaban J connectivity index is 2.79. The minimum atomic E-state index is -0.212. The van der Waals surface area contributed by atoms with Crippen molar-refractivity contribution in [3.05, 3.63) is 11.6 Å². The summed E-state index contributed by atoms with van der Waals surface area (Å²) in [6, 6.07) is 0. The standard InChI is InChI=1S/C13H16O3/c1-5-9(8-14)7-10-11(13(10,3)4)12(15)16-6-2/h1,7-8,10-11H,6H2,2-4H3. The molecule has 2 unspecified atom stereocenters. The van der Waals surface area contributed by atoms with Crippen molar-refractivity contribution in [2.24, 2.45) is 17.3 Å². The quantitative estimate of drug-likeness (QED) is 0.313. The number of hydrogen-bond donors (Lipinski definition) is 0. The predicted octanol–water partition coefficient (Wildman–Crippen LogP) is 1.58. The van der Waals surface area contributed by atoms with Crippen molar-refractivity contribution < 1.29 is 14.3 Å². The summed E-state index contributed by atoms with van der Waals surface area (Å²) in [5.41, 5.74) is 0.127. The molecule has 0 bridgehead atoms. The number of ether oxygens (including phenoxy) is 1. The largest absolute Gasteiger partial charge is 0.466 e. The molecule has 0 N–H and O–H groups in total. The predicted molar refractivity (Wildman–Crippen MR) is 60.4 cm³/mol. The topological polar surface area (TPSA) is 43.4 Å². The minimum absolute atomic E-state index is 0.00259. The minimum Gasteiger partial charge on any atom is -0.466 e. The van der Waals surface area contributed by atoms with Crippen molar-refractivity contribution in [1.82, 2.24) is 0 Å². The average Bonchev–Trinajstić information content (AvgIpc) is 2.77. The number of rotatable bonds is 4. The zero-order valence-corrected chi connectivity index (χ0v) is 9.82. The highest BCUT2D eigenvalue weighted by Gasteiger charge is 2.61. The Kier molecular flexibility index (Phi) is 3.54. The molecule has 0 spiro atoms. The van der Waals surface area contributed by atoms with Crippen LogP contribution in [0.4, 0.5) is 0 Å². The summed E-state index contributed by atoms with van der Waals surface area (Å²) >= 11 is 0. The summed E-state index contributed by atoms with van der Waals surface area (Å²) in [6.45, 7) is 6.08. The molecule has 0 heterocycles. The van der Waals surface area contributed by atoms with Gasteiger partial charge in [0.05, 0.1) is 18.1 Å². The zero-order chi connectivity index (χ0) is 12.3. The highest BCUT2D eigenvalue weighted by molar-refractivity contribution is 5.82. The van der Waals surface area contributed by atoms with Gasteiger partial charge in [-0.1, -0.05) is 25.8 Å². The number of hydrogen-bond acceptors (Lipinski definition) is 3. The van der Waals surface area contributed by atoms with Gasteiger partial charge < -0.3 is 4.74 Å². The van der Waals surface area contributed by atoms with E-state index in [0.717, 1.165) is 0 Å². The van der Waals surface area contributed by atoms with Gasteiger partial charge in [0.2, 0.25) is 0 Å². The summed E-state index contributed by atoms with van der Waals surface area (Å²) in [5.74, 6) is 1.90. The Bertz CT molecular complexity index is 371. The molecule has 0 aromatic rings. The molecule has 3 nitrogen and oxygen atoms in total. The van der Waals surface area contributed by atoms with E-state index >= 15 is 0 Å². The first-order valence-corrected chi connectivity index (χ1v) is 5.29. The summed E-state index contributed by atoms with van der Waals surface area (Å²) in [6.07, 6.45) is 7.49. The van der Waals surface area contributed by atoms with Gasteiger partial charge in [0.1, 0.15) is 0 Å². The second kappa shape index (κ2) is 4.52. The lowest BCUT2D eigenvalue weighted by Crippen LogP contribution is -2.10. The Hall–Kier alpha value is -1.56. The molecular weight excluding hydrogens is 204 g/mol. The van der Waals surface area contributed by atoms with Crippen LogP contribution in [0.5, 0.6) is 0 Å². The summed E-state index contributed by atoms with van der Waals surface area (Å²) in [4.78, 5) is 22.2. The fraction of sp³-hybridized carbons (Fsp3) is 0.538. The van der Waals surface area contributed by atoms with Gasteiger partial charge in [-0.15, -0.1) is 6.42 Å². The maximum absolute atomic E-state index is 11.6. The van der Waals surface area contributed by atoms with E-state index in [1.54, 1.807) is 13.0 Å². The Labute approximate surface area is 95.9 Å². The van der Waals surface area contributed by atoms with Crippen LogP contribution in [0.15, 0.2) is 11.6 Å². The lowest BCUT2D eigenvalue weighted by Gasteiger charge is -2.01. The SMILES string of the molecule is C#CC(C=O)=CC1C(C(=O)OCC)C1(C)C. The van der Waals surface area contributed by atoms with Gasteiger partial charge in [0.25, 0.3) is 0 Å². The van der Waals surface area contributed by atoms with Gasteiger partial charge in [-0.05, 0) is 18.3 Å². The van der Waals surface area contributed by atoms with Crippen molar-refractivity contribution in [3.8, 4) is 12.3 Å². The Morgan fingerprint density at radius 3 is 2.62 bits per heavy atom. The van der Waals surface area contributed by atoms with Crippen LogP contribution in [0.1, 0.15) is 20.8 Å². The number of carbonyl (C=O) groups excluding carboxylic acids is 2. The van der Waals surface area contributed by atoms with Gasteiger partial charge in [-0.3, -0.25) is 9.59 Å². The van der Waals surface area contributed by atoms with Gasteiger partial charge >= 0.3 is 5.97 Å². The molecule has 0 amide bonds. The molecule has 2 atom stereocenters. The number of esters is 1. The van der Waals surface area contributed by atoms with Crippen molar-refractivity contribution >= 4 is 12.3 Å². The third-order valence-corrected chi connectivity index (χ3v) is 3.10. The van der Waals surface area contributed by atoms with E-state index in [0.29, 0.717) is 18.5 Å². The molecule has 0 aromatic heterocycles. The molecule has 1 fully saturated rings. The van der Waals surface area contributed by atoms with E-state index in [9.17, 15) is 9.59 Å². The lowest BCUT2D eigenvalue weighted by molar-refractivity contribution is -0.145. The van der Waals surface area contributed by atoms with E-state index in [4.69, 9.17) is 11.2 Å². The maximum Gasteiger partial charge on any atom is 0.310 e. The smallest absolute Gasteiger partial charge is 0.310 e. The van der Waals surface area contributed by atoms with Crippen LogP contribution in [0, 0.1) is 29.6 Å². The van der Waals surface area contributed by atoms with Gasteiger partial charge in [0.15, 0.2) is 6.29 Å². The molecule has 1 aliphatic rings. The number of allylic oxidation sites excluding steroid dienone is 2. The first-order chi connectivity index (χ1) is 7.48. The van der Waals surface area contributed by atoms with Crippen LogP contribution in [-0.4, -0.2) is 18.9 Å². The van der Waals surface area contributed by atoms with Crippen molar-refractivity contribution in [2.45, 2.75) is 20.8 Å². The van der Waals surface area contributed by atoms with Crippen molar-refractivity contribution in [2.75, 3.05) is 6.61 Å². The highest BCUT2D eigenvalue weighted by Crippen LogP contribution is 2.59. The molecule has 1 rings (SSSR count). The third-order valence-electron chi connectivity index (χ3n) is 3.10. The second-order valence-corrected chi connectivity index (χ2v) is 4.46. The first kappa shape index (κ1) is 12.5. The fourth-order valence-corrected chi connectivity index (χ4v) is 1.99. The van der Waals surface area contributed by atoms with Gasteiger partial charge in [-0.25, -0.2) is 0 Å². The highest BCUT2D eigenvalue weighted by atomic mass is 16.5. The molecule has 0 aromatic carbocycles. The van der Waals surface area contributed by atoms with Crippen LogP contribution in [0.25, 0.3) is 0 Å². The summed E-state index contributed by atoms with van der Waals surface area (Å²) < 4.78 is 4.97. The first-order valence-electron chi connectivity index (χ1n) is 5.29. The number of terminal acetylenes is 1. The molecular formula is C13H16O3. The number of carbonyl (C=O) groups is 2. The van der Waals surface area contributed by atoms with E-state index in [-0.39, 0.29) is 23.2 Å². The van der Waals surface area contributed by atoms with Gasteiger partial charge in [-0.2, -0.15) is 0 Å². The van der Waals surface area contributed by atoms with Crippen molar-refractivity contribution in [1.29, 1.82) is 0 Å². The third kappa shape index (κ3) is 2.16. The summed E-state index contributed by atoms with van der Waals surface area (Å²) in [5, 5.41) is 0. The molecule has 0 aliphatic heterocycles. The number of aldehydes is 1. The monoisotopic (exact) mass is 220 g/mol. The zero-order valence-electron chi connectivity index (χ0n) is 9.82. The lowest BCUT2D eigenvalue weighted by atomic mass is 10.1. The second-order valence-electron chi connectivity index (χ2n) is 4.46. The molecule has 3 heteroatoms. The molecule has 1 aliphatic carbocycles. The fourth-order valence-electron chi connectivity index (χ4n) is 1.99. The van der Waals surface area contributed by atoms with Crippen LogP contribution in [0.2, 0.25) is 0 Å². The van der Waals surface area contributed by atoms with Crippen LogP contribution >= 0.6 is 0 Å². The molecule has 86 valence electrons. The van der Waals surface area contributed by atoms with Crippen LogP contribution < -0.4 is 0 Å². The average molecular weight is 220 g/mol. The maximum atomic E-state index is 11.6. The molecule has 0 saturated heterocycles. The Morgan fingerprint density at radius 1 is 1.56 bits per heavy atom.